The van der Waals surface area contributed by atoms with E-state index in [1.807, 2.05) is 11.8 Å². The third-order valence-corrected chi connectivity index (χ3v) is 8.21. The first-order chi connectivity index (χ1) is 9.39. The molecule has 1 aromatic rings. The molecule has 3 rings (SSSR count). The summed E-state index contributed by atoms with van der Waals surface area (Å²) in [4.78, 5) is 2.44. The molecule has 0 bridgehead atoms. The lowest BCUT2D eigenvalue weighted by atomic mass is 10.3. The van der Waals surface area contributed by atoms with Crippen molar-refractivity contribution < 1.29 is 8.42 Å². The van der Waals surface area contributed by atoms with Crippen molar-refractivity contribution in [3.05, 3.63) is 0 Å². The second kappa shape index (κ2) is 5.06. The van der Waals surface area contributed by atoms with E-state index >= 15 is 0 Å². The van der Waals surface area contributed by atoms with Gasteiger partial charge in [-0.2, -0.15) is 16.1 Å². The average molecular weight is 334 g/mol. The summed E-state index contributed by atoms with van der Waals surface area (Å²) in [6.45, 7) is 6.05. The van der Waals surface area contributed by atoms with Gasteiger partial charge in [0.15, 0.2) is 15.7 Å². The van der Waals surface area contributed by atoms with Gasteiger partial charge >= 0.3 is 0 Å². The molecule has 2 N–H and O–H groups in total. The first-order valence-electron chi connectivity index (χ1n) is 6.79. The summed E-state index contributed by atoms with van der Waals surface area (Å²) in [5.74, 6) is 0.176. The van der Waals surface area contributed by atoms with Gasteiger partial charge in [-0.15, -0.1) is 0 Å². The van der Waals surface area contributed by atoms with Crippen molar-refractivity contribution in [3.8, 4) is 0 Å². The van der Waals surface area contributed by atoms with Crippen molar-refractivity contribution in [1.29, 1.82) is 0 Å². The number of hydrogen-bond donors (Lipinski definition) is 1. The van der Waals surface area contributed by atoms with E-state index < -0.39 is 9.84 Å². The fraction of sp³-hybridized carbons (Fsp3) is 0.750. The number of nitrogen functional groups attached to an aromatic ring is 1. The summed E-state index contributed by atoms with van der Waals surface area (Å²) in [7, 11) is -3.29. The van der Waals surface area contributed by atoms with Gasteiger partial charge in [0.2, 0.25) is 0 Å². The highest BCUT2D eigenvalue weighted by Crippen LogP contribution is 2.43. The minimum Gasteiger partial charge on any atom is -0.382 e. The molecule has 2 atom stereocenters. The Labute approximate surface area is 128 Å². The lowest BCUT2D eigenvalue weighted by Gasteiger charge is -2.35. The largest absolute Gasteiger partial charge is 0.382 e. The average Bonchev–Trinajstić information content (AvgIpc) is 3.12. The van der Waals surface area contributed by atoms with Crippen LogP contribution in [0.25, 0.3) is 0 Å². The van der Waals surface area contributed by atoms with Gasteiger partial charge in [0, 0.05) is 23.6 Å². The summed E-state index contributed by atoms with van der Waals surface area (Å²) in [5, 5.41) is 1.47. The zero-order chi connectivity index (χ0) is 14.5. The second-order valence-corrected chi connectivity index (χ2v) is 10.4. The van der Waals surface area contributed by atoms with Crippen LogP contribution in [0.1, 0.15) is 26.7 Å². The van der Waals surface area contributed by atoms with Crippen LogP contribution in [-0.2, 0) is 9.84 Å². The molecule has 1 aromatic heterocycles. The van der Waals surface area contributed by atoms with E-state index in [9.17, 15) is 8.42 Å². The fourth-order valence-electron chi connectivity index (χ4n) is 2.64. The van der Waals surface area contributed by atoms with Gasteiger partial charge in [0.05, 0.1) is 5.25 Å². The van der Waals surface area contributed by atoms with E-state index in [2.05, 4.69) is 23.1 Å². The highest BCUT2D eigenvalue weighted by atomic mass is 32.2. The Bertz CT molecular complexity index is 599. The summed E-state index contributed by atoms with van der Waals surface area (Å²) in [6.07, 6.45) is 1.50. The van der Waals surface area contributed by atoms with Crippen LogP contribution in [0.15, 0.2) is 4.90 Å². The Kier molecular flexibility index (Phi) is 3.66. The first-order valence-corrected chi connectivity index (χ1v) is 10.0. The van der Waals surface area contributed by atoms with Crippen molar-refractivity contribution in [1.82, 2.24) is 4.37 Å². The van der Waals surface area contributed by atoms with Gasteiger partial charge in [-0.05, 0) is 24.4 Å². The highest BCUT2D eigenvalue weighted by Gasteiger charge is 2.42. The summed E-state index contributed by atoms with van der Waals surface area (Å²) in [5.41, 5.74) is 5.86. The lowest BCUT2D eigenvalue weighted by molar-refractivity contribution is 0.594. The molecule has 112 valence electrons. The Balaban J connectivity index is 1.98. The van der Waals surface area contributed by atoms with E-state index in [0.717, 1.165) is 30.9 Å². The number of anilines is 2. The molecule has 2 unspecified atom stereocenters. The van der Waals surface area contributed by atoms with Gasteiger partial charge in [-0.1, -0.05) is 13.8 Å². The first kappa shape index (κ1) is 14.5. The normalized spacial score (nSPS) is 27.8. The minimum absolute atomic E-state index is 0.176. The number of nitrogens with zero attached hydrogens (tertiary/aromatic N) is 2. The molecule has 2 heterocycles. The van der Waals surface area contributed by atoms with Crippen LogP contribution in [0, 0.1) is 0 Å². The molecule has 8 heteroatoms. The van der Waals surface area contributed by atoms with Crippen LogP contribution in [-0.4, -0.2) is 41.6 Å². The molecule has 1 saturated carbocycles. The van der Waals surface area contributed by atoms with Crippen LogP contribution in [0.2, 0.25) is 0 Å². The Morgan fingerprint density at radius 2 is 1.85 bits per heavy atom. The van der Waals surface area contributed by atoms with Crippen LogP contribution in [0.4, 0.5) is 10.8 Å². The van der Waals surface area contributed by atoms with Crippen molar-refractivity contribution in [2.45, 2.75) is 47.3 Å². The Morgan fingerprint density at radius 3 is 2.40 bits per heavy atom. The molecule has 0 radical (unpaired) electrons. The molecule has 0 spiro atoms. The number of hydrogen-bond acceptors (Lipinski definition) is 7. The van der Waals surface area contributed by atoms with E-state index in [4.69, 9.17) is 5.73 Å². The number of sulfone groups is 1. The van der Waals surface area contributed by atoms with Crippen LogP contribution in [0.3, 0.4) is 0 Å². The quantitative estimate of drug-likeness (QED) is 0.911. The molecule has 0 amide bonds. The standard InChI is InChI=1S/C12H19N3O2S3/c1-7-5-15(6-8(2)18-7)12-10(11(13)14-19-12)20(16,17)9-3-4-9/h7-9H,3-6H2,1-2H3,(H2,13,14). The third-order valence-electron chi connectivity index (χ3n) is 3.61. The molecule has 2 aliphatic rings. The van der Waals surface area contributed by atoms with E-state index in [1.54, 1.807) is 0 Å². The minimum atomic E-state index is -3.29. The van der Waals surface area contributed by atoms with Crippen LogP contribution < -0.4 is 10.6 Å². The monoisotopic (exact) mass is 333 g/mol. The molecular formula is C12H19N3O2S3. The maximum absolute atomic E-state index is 12.6. The molecule has 5 nitrogen and oxygen atoms in total. The topological polar surface area (TPSA) is 76.3 Å². The Morgan fingerprint density at radius 1 is 1.25 bits per heavy atom. The SMILES string of the molecule is CC1CN(c2snc(N)c2S(=O)(=O)C2CC2)CC(C)S1. The zero-order valence-electron chi connectivity index (χ0n) is 11.6. The van der Waals surface area contributed by atoms with E-state index in [1.165, 1.54) is 11.5 Å². The summed E-state index contributed by atoms with van der Waals surface area (Å²) >= 11 is 3.16. The summed E-state index contributed by atoms with van der Waals surface area (Å²) < 4.78 is 29.2. The lowest BCUT2D eigenvalue weighted by Crippen LogP contribution is -2.40. The fourth-order valence-corrected chi connectivity index (χ4v) is 7.01. The maximum atomic E-state index is 12.6. The van der Waals surface area contributed by atoms with E-state index in [0.29, 0.717) is 10.5 Å². The summed E-state index contributed by atoms with van der Waals surface area (Å²) in [6, 6.07) is 0. The molecule has 1 aliphatic carbocycles. The van der Waals surface area contributed by atoms with Gasteiger partial charge in [0.1, 0.15) is 9.90 Å². The van der Waals surface area contributed by atoms with E-state index in [-0.39, 0.29) is 16.0 Å². The van der Waals surface area contributed by atoms with Crippen molar-refractivity contribution in [3.63, 3.8) is 0 Å². The molecular weight excluding hydrogens is 314 g/mol. The number of rotatable bonds is 3. The van der Waals surface area contributed by atoms with Crippen molar-refractivity contribution in [2.24, 2.45) is 0 Å². The van der Waals surface area contributed by atoms with Gasteiger partial charge in [-0.3, -0.25) is 0 Å². The Hall–Kier alpha value is -0.470. The smallest absolute Gasteiger partial charge is 0.187 e. The van der Waals surface area contributed by atoms with Crippen LogP contribution >= 0.6 is 23.3 Å². The zero-order valence-corrected chi connectivity index (χ0v) is 14.0. The number of nitrogens with two attached hydrogens (primary N) is 1. The molecule has 0 aromatic carbocycles. The van der Waals surface area contributed by atoms with Crippen LogP contribution in [0.5, 0.6) is 0 Å². The predicted molar refractivity (Wildman–Crippen MR) is 85.5 cm³/mol. The second-order valence-electron chi connectivity index (χ2n) is 5.61. The maximum Gasteiger partial charge on any atom is 0.187 e. The molecule has 1 saturated heterocycles. The molecule has 1 aliphatic heterocycles. The number of thioether (sulfide) groups is 1. The van der Waals surface area contributed by atoms with Gasteiger partial charge < -0.3 is 10.6 Å². The third kappa shape index (κ3) is 2.53. The number of aromatic nitrogens is 1. The van der Waals surface area contributed by atoms with Gasteiger partial charge in [-0.25, -0.2) is 8.42 Å². The predicted octanol–water partition coefficient (Wildman–Crippen LogP) is 1.99. The highest BCUT2D eigenvalue weighted by molar-refractivity contribution is 8.00. The van der Waals surface area contributed by atoms with Crippen molar-refractivity contribution >= 4 is 44.0 Å². The van der Waals surface area contributed by atoms with Gasteiger partial charge in [0.25, 0.3) is 0 Å². The van der Waals surface area contributed by atoms with Crippen molar-refractivity contribution in [2.75, 3.05) is 23.7 Å². The molecule has 2 fully saturated rings. The molecule has 20 heavy (non-hydrogen) atoms.